The van der Waals surface area contributed by atoms with Gasteiger partial charge in [0.2, 0.25) is 11.7 Å². The SMILES string of the molecule is Cc1ccc(-c2ccc(=O)n(CCc3nc(-c4cccs4)no3)n2)cc1C. The summed E-state index contributed by atoms with van der Waals surface area (Å²) in [6.45, 7) is 4.52. The van der Waals surface area contributed by atoms with E-state index in [0.717, 1.165) is 16.1 Å². The van der Waals surface area contributed by atoms with Gasteiger partial charge in [-0.25, -0.2) is 4.68 Å². The van der Waals surface area contributed by atoms with Crippen molar-refractivity contribution in [3.63, 3.8) is 0 Å². The molecule has 0 bridgehead atoms. The van der Waals surface area contributed by atoms with Crippen LogP contribution in [0.15, 0.2) is 57.2 Å². The molecule has 3 aromatic heterocycles. The Morgan fingerprint density at radius 3 is 2.78 bits per heavy atom. The van der Waals surface area contributed by atoms with Gasteiger partial charge >= 0.3 is 0 Å². The number of rotatable bonds is 5. The minimum Gasteiger partial charge on any atom is -0.339 e. The quantitative estimate of drug-likeness (QED) is 0.527. The average Bonchev–Trinajstić information content (AvgIpc) is 3.35. The third-order valence-corrected chi connectivity index (χ3v) is 5.28. The van der Waals surface area contributed by atoms with Crippen molar-refractivity contribution in [3.8, 4) is 22.0 Å². The zero-order valence-corrected chi connectivity index (χ0v) is 15.9. The molecule has 0 saturated carbocycles. The molecule has 0 spiro atoms. The molecule has 136 valence electrons. The summed E-state index contributed by atoms with van der Waals surface area (Å²) in [7, 11) is 0. The number of hydrogen-bond acceptors (Lipinski definition) is 6. The van der Waals surface area contributed by atoms with Crippen LogP contribution >= 0.6 is 11.3 Å². The van der Waals surface area contributed by atoms with Gasteiger partial charge < -0.3 is 4.52 Å². The monoisotopic (exact) mass is 378 g/mol. The third-order valence-electron chi connectivity index (χ3n) is 4.42. The molecular formula is C20H18N4O2S. The number of hydrogen-bond donors (Lipinski definition) is 0. The van der Waals surface area contributed by atoms with Crippen LogP contribution in [-0.4, -0.2) is 19.9 Å². The smallest absolute Gasteiger partial charge is 0.266 e. The van der Waals surface area contributed by atoms with Crippen LogP contribution in [0.3, 0.4) is 0 Å². The van der Waals surface area contributed by atoms with E-state index in [4.69, 9.17) is 4.52 Å². The zero-order chi connectivity index (χ0) is 18.8. The first-order valence-electron chi connectivity index (χ1n) is 8.62. The molecule has 0 fully saturated rings. The number of thiophene rings is 1. The van der Waals surface area contributed by atoms with E-state index in [2.05, 4.69) is 41.2 Å². The number of benzene rings is 1. The number of aromatic nitrogens is 4. The number of aryl methyl sites for hydroxylation is 4. The van der Waals surface area contributed by atoms with Gasteiger partial charge in [-0.15, -0.1) is 11.3 Å². The van der Waals surface area contributed by atoms with Gasteiger partial charge in [-0.3, -0.25) is 4.79 Å². The van der Waals surface area contributed by atoms with Crippen LogP contribution in [0.25, 0.3) is 22.0 Å². The second-order valence-corrected chi connectivity index (χ2v) is 7.27. The van der Waals surface area contributed by atoms with Crippen molar-refractivity contribution in [1.82, 2.24) is 19.9 Å². The molecule has 7 heteroatoms. The topological polar surface area (TPSA) is 73.8 Å². The molecule has 0 unspecified atom stereocenters. The standard InChI is InChI=1S/C20H18N4O2S/c1-13-5-6-15(12-14(13)2)16-7-8-19(25)24(22-16)10-9-18-21-20(23-26-18)17-4-3-11-27-17/h3-8,11-12H,9-10H2,1-2H3. The van der Waals surface area contributed by atoms with Gasteiger partial charge in [0.25, 0.3) is 5.56 Å². The van der Waals surface area contributed by atoms with Crippen molar-refractivity contribution in [3.05, 3.63) is 75.2 Å². The van der Waals surface area contributed by atoms with Crippen LogP contribution in [0.2, 0.25) is 0 Å². The van der Waals surface area contributed by atoms with Crippen LogP contribution in [0, 0.1) is 13.8 Å². The van der Waals surface area contributed by atoms with E-state index in [9.17, 15) is 4.79 Å². The summed E-state index contributed by atoms with van der Waals surface area (Å²) in [5.41, 5.74) is 4.02. The highest BCUT2D eigenvalue weighted by molar-refractivity contribution is 7.13. The summed E-state index contributed by atoms with van der Waals surface area (Å²) in [6, 6.07) is 13.3. The predicted octanol–water partition coefficient (Wildman–Crippen LogP) is 3.88. The van der Waals surface area contributed by atoms with E-state index in [-0.39, 0.29) is 5.56 Å². The molecule has 27 heavy (non-hydrogen) atoms. The minimum absolute atomic E-state index is 0.152. The Morgan fingerprint density at radius 2 is 2.00 bits per heavy atom. The summed E-state index contributed by atoms with van der Waals surface area (Å²) in [5, 5.41) is 10.5. The third kappa shape index (κ3) is 3.73. The fourth-order valence-electron chi connectivity index (χ4n) is 2.73. The lowest BCUT2D eigenvalue weighted by Crippen LogP contribution is -2.23. The molecule has 4 aromatic rings. The van der Waals surface area contributed by atoms with Crippen molar-refractivity contribution in [2.24, 2.45) is 0 Å². The maximum absolute atomic E-state index is 12.2. The summed E-state index contributed by atoms with van der Waals surface area (Å²) in [4.78, 5) is 17.5. The average molecular weight is 378 g/mol. The zero-order valence-electron chi connectivity index (χ0n) is 15.0. The van der Waals surface area contributed by atoms with Gasteiger partial charge in [-0.05, 0) is 48.6 Å². The van der Waals surface area contributed by atoms with Crippen molar-refractivity contribution in [2.45, 2.75) is 26.8 Å². The first-order valence-corrected chi connectivity index (χ1v) is 9.50. The maximum atomic E-state index is 12.2. The molecule has 0 radical (unpaired) electrons. The van der Waals surface area contributed by atoms with Crippen molar-refractivity contribution in [2.75, 3.05) is 0 Å². The molecule has 1 aromatic carbocycles. The largest absolute Gasteiger partial charge is 0.339 e. The highest BCUT2D eigenvalue weighted by atomic mass is 32.1. The Morgan fingerprint density at radius 1 is 1.11 bits per heavy atom. The van der Waals surface area contributed by atoms with Crippen LogP contribution in [-0.2, 0) is 13.0 Å². The van der Waals surface area contributed by atoms with Gasteiger partial charge in [0, 0.05) is 18.1 Å². The fraction of sp³-hybridized carbons (Fsp3) is 0.200. The molecule has 4 rings (SSSR count). The summed E-state index contributed by atoms with van der Waals surface area (Å²) < 4.78 is 6.74. The van der Waals surface area contributed by atoms with Gasteiger partial charge in [0.05, 0.1) is 17.1 Å². The normalized spacial score (nSPS) is 11.0. The molecule has 0 N–H and O–H groups in total. The maximum Gasteiger partial charge on any atom is 0.266 e. The van der Waals surface area contributed by atoms with Gasteiger partial charge in [0.1, 0.15) is 0 Å². The van der Waals surface area contributed by atoms with Crippen LogP contribution in [0.1, 0.15) is 17.0 Å². The summed E-state index contributed by atoms with van der Waals surface area (Å²) in [6.07, 6.45) is 0.446. The second-order valence-electron chi connectivity index (χ2n) is 6.32. The van der Waals surface area contributed by atoms with Crippen LogP contribution in [0.4, 0.5) is 0 Å². The van der Waals surface area contributed by atoms with E-state index in [0.29, 0.717) is 24.7 Å². The molecule has 6 nitrogen and oxygen atoms in total. The molecule has 0 amide bonds. The number of nitrogens with zero attached hydrogens (tertiary/aromatic N) is 4. The fourth-order valence-corrected chi connectivity index (χ4v) is 3.38. The molecule has 0 aliphatic heterocycles. The Hall–Kier alpha value is -3.06. The van der Waals surface area contributed by atoms with E-state index < -0.39 is 0 Å². The highest BCUT2D eigenvalue weighted by Gasteiger charge is 2.11. The van der Waals surface area contributed by atoms with Crippen LogP contribution < -0.4 is 5.56 Å². The molecular weight excluding hydrogens is 360 g/mol. The van der Waals surface area contributed by atoms with Crippen molar-refractivity contribution in [1.29, 1.82) is 0 Å². The first-order chi connectivity index (χ1) is 13.1. The molecule has 0 aliphatic rings. The van der Waals surface area contributed by atoms with Gasteiger partial charge in [-0.1, -0.05) is 23.4 Å². The second kappa shape index (κ2) is 7.28. The minimum atomic E-state index is -0.152. The summed E-state index contributed by atoms with van der Waals surface area (Å²) in [5.74, 6) is 1.06. The highest BCUT2D eigenvalue weighted by Crippen LogP contribution is 2.22. The Labute approximate surface area is 160 Å². The Kier molecular flexibility index (Phi) is 4.68. The van der Waals surface area contributed by atoms with Crippen LogP contribution in [0.5, 0.6) is 0 Å². The lowest BCUT2D eigenvalue weighted by atomic mass is 10.0. The molecule has 0 aliphatic carbocycles. The molecule has 3 heterocycles. The Balaban J connectivity index is 1.54. The lowest BCUT2D eigenvalue weighted by molar-refractivity contribution is 0.368. The van der Waals surface area contributed by atoms with Gasteiger partial charge in [-0.2, -0.15) is 10.1 Å². The molecule has 0 saturated heterocycles. The lowest BCUT2D eigenvalue weighted by Gasteiger charge is -2.08. The van der Waals surface area contributed by atoms with E-state index in [1.54, 1.807) is 23.5 Å². The van der Waals surface area contributed by atoms with E-state index >= 15 is 0 Å². The van der Waals surface area contributed by atoms with E-state index in [1.165, 1.54) is 15.8 Å². The van der Waals surface area contributed by atoms with Crippen molar-refractivity contribution < 1.29 is 4.52 Å². The van der Waals surface area contributed by atoms with Gasteiger partial charge in [0.15, 0.2) is 0 Å². The Bertz CT molecular complexity index is 1130. The first kappa shape index (κ1) is 17.4. The summed E-state index contributed by atoms with van der Waals surface area (Å²) >= 11 is 1.56. The van der Waals surface area contributed by atoms with E-state index in [1.807, 2.05) is 23.6 Å². The van der Waals surface area contributed by atoms with Crippen molar-refractivity contribution >= 4 is 11.3 Å². The molecule has 0 atom stereocenters. The predicted molar refractivity (Wildman–Crippen MR) is 105 cm³/mol.